The van der Waals surface area contributed by atoms with E-state index in [-0.39, 0.29) is 5.92 Å². The molecule has 0 rings (SSSR count). The van der Waals surface area contributed by atoms with E-state index in [1.54, 1.807) is 6.26 Å². The van der Waals surface area contributed by atoms with Gasteiger partial charge in [-0.3, -0.25) is 0 Å². The zero-order valence-corrected chi connectivity index (χ0v) is 9.29. The van der Waals surface area contributed by atoms with E-state index in [2.05, 4.69) is 25.7 Å². The normalized spacial score (nSPS) is 14.2. The topological polar surface area (TPSA) is 33.0 Å². The predicted molar refractivity (Wildman–Crippen MR) is 53.0 cm³/mol. The van der Waals surface area contributed by atoms with Crippen LogP contribution in [0.2, 0.25) is 19.6 Å². The van der Waals surface area contributed by atoms with Crippen molar-refractivity contribution in [2.45, 2.75) is 33.0 Å². The highest BCUT2D eigenvalue weighted by Gasteiger charge is 2.12. The Kier molecular flexibility index (Phi) is 4.68. The molecule has 12 heavy (non-hydrogen) atoms. The maximum atomic E-state index is 8.48. The van der Waals surface area contributed by atoms with Gasteiger partial charge < -0.3 is 4.43 Å². The lowest BCUT2D eigenvalue weighted by molar-refractivity contribution is 0.475. The van der Waals surface area contributed by atoms with Gasteiger partial charge in [0.05, 0.1) is 12.3 Å². The van der Waals surface area contributed by atoms with Gasteiger partial charge in [0, 0.05) is 5.92 Å². The second-order valence-electron chi connectivity index (χ2n) is 3.87. The fraction of sp³-hybridized carbons (Fsp3) is 0.667. The molecule has 0 saturated heterocycles. The maximum absolute atomic E-state index is 8.48. The third-order valence-electron chi connectivity index (χ3n) is 1.23. The predicted octanol–water partition coefficient (Wildman–Crippen LogP) is 2.90. The van der Waals surface area contributed by atoms with Crippen LogP contribution < -0.4 is 0 Å². The number of nitrogens with zero attached hydrogens (tertiary/aromatic N) is 1. The van der Waals surface area contributed by atoms with Crippen LogP contribution in [0.3, 0.4) is 0 Å². The lowest BCUT2D eigenvalue weighted by atomic mass is 10.1. The zero-order chi connectivity index (χ0) is 9.61. The molecule has 0 N–H and O–H groups in total. The monoisotopic (exact) mass is 183 g/mol. The quantitative estimate of drug-likeness (QED) is 0.496. The van der Waals surface area contributed by atoms with E-state index < -0.39 is 8.32 Å². The Balaban J connectivity index is 3.59. The molecule has 0 spiro atoms. The first kappa shape index (κ1) is 11.2. The largest absolute Gasteiger partial charge is 0.550 e. The third kappa shape index (κ3) is 7.36. The first-order valence-corrected chi connectivity index (χ1v) is 7.59. The Morgan fingerprint density at radius 3 is 2.50 bits per heavy atom. The molecule has 0 aliphatic heterocycles. The van der Waals surface area contributed by atoms with Crippen LogP contribution in [-0.4, -0.2) is 8.32 Å². The van der Waals surface area contributed by atoms with E-state index >= 15 is 0 Å². The average Bonchev–Trinajstić information content (AvgIpc) is 1.96. The van der Waals surface area contributed by atoms with Crippen LogP contribution in [0, 0.1) is 17.2 Å². The van der Waals surface area contributed by atoms with Crippen LogP contribution in [0.25, 0.3) is 0 Å². The van der Waals surface area contributed by atoms with Crippen LogP contribution in [0.5, 0.6) is 0 Å². The summed E-state index contributed by atoms with van der Waals surface area (Å²) in [7, 11) is -1.41. The summed E-state index contributed by atoms with van der Waals surface area (Å²) in [5, 5.41) is 8.48. The van der Waals surface area contributed by atoms with Crippen molar-refractivity contribution in [3.63, 3.8) is 0 Å². The van der Waals surface area contributed by atoms with E-state index in [0.29, 0.717) is 0 Å². The highest BCUT2D eigenvalue weighted by molar-refractivity contribution is 6.69. The summed E-state index contributed by atoms with van der Waals surface area (Å²) in [6.07, 6.45) is 4.44. The molecule has 0 aromatic heterocycles. The first-order valence-electron chi connectivity index (χ1n) is 4.18. The van der Waals surface area contributed by atoms with Crippen LogP contribution in [0.1, 0.15) is 13.3 Å². The minimum atomic E-state index is -1.41. The molecule has 1 atom stereocenters. The molecule has 0 amide bonds. The van der Waals surface area contributed by atoms with Crippen molar-refractivity contribution in [3.8, 4) is 6.07 Å². The summed E-state index contributed by atoms with van der Waals surface area (Å²) in [5.41, 5.74) is 0. The summed E-state index contributed by atoms with van der Waals surface area (Å²) in [6, 6.07) is 2.17. The van der Waals surface area contributed by atoms with Gasteiger partial charge in [-0.1, -0.05) is 6.08 Å². The summed E-state index contributed by atoms with van der Waals surface area (Å²) < 4.78 is 5.47. The molecule has 0 aromatic carbocycles. The van der Waals surface area contributed by atoms with Crippen molar-refractivity contribution in [2.24, 2.45) is 5.92 Å². The smallest absolute Gasteiger partial charge is 0.241 e. The van der Waals surface area contributed by atoms with Crippen LogP contribution >= 0.6 is 0 Å². The minimum absolute atomic E-state index is 0.0893. The van der Waals surface area contributed by atoms with Crippen LogP contribution in [0.15, 0.2) is 12.3 Å². The molecule has 0 aromatic rings. The zero-order valence-electron chi connectivity index (χ0n) is 8.29. The minimum Gasteiger partial charge on any atom is -0.550 e. The van der Waals surface area contributed by atoms with Gasteiger partial charge in [-0.2, -0.15) is 5.26 Å². The molecular formula is C9H17NOSi. The van der Waals surface area contributed by atoms with Gasteiger partial charge in [-0.25, -0.2) is 0 Å². The fourth-order valence-corrected chi connectivity index (χ4v) is 1.07. The van der Waals surface area contributed by atoms with Gasteiger partial charge in [0.15, 0.2) is 0 Å². The van der Waals surface area contributed by atoms with Gasteiger partial charge in [0.25, 0.3) is 0 Å². The SMILES string of the molecule is CC(C#N)C/C=C\O[Si](C)(C)C. The van der Waals surface area contributed by atoms with Crippen LogP contribution in [0.4, 0.5) is 0 Å². The standard InChI is InChI=1S/C9H17NOSi/c1-9(8-10)6-5-7-11-12(2,3)4/h5,7,9H,6H2,1-4H3/b7-5-. The van der Waals surface area contributed by atoms with Crippen LogP contribution in [-0.2, 0) is 4.43 Å². The Morgan fingerprint density at radius 1 is 1.50 bits per heavy atom. The van der Waals surface area contributed by atoms with E-state index in [1.807, 2.05) is 13.0 Å². The van der Waals surface area contributed by atoms with E-state index in [4.69, 9.17) is 9.69 Å². The molecule has 0 fully saturated rings. The second-order valence-corrected chi connectivity index (χ2v) is 8.33. The molecule has 0 aliphatic carbocycles. The summed E-state index contributed by atoms with van der Waals surface area (Å²) in [6.45, 7) is 8.29. The molecule has 3 heteroatoms. The maximum Gasteiger partial charge on any atom is 0.241 e. The van der Waals surface area contributed by atoms with E-state index in [9.17, 15) is 0 Å². The Morgan fingerprint density at radius 2 is 2.08 bits per heavy atom. The van der Waals surface area contributed by atoms with E-state index in [1.165, 1.54) is 0 Å². The number of nitriles is 1. The van der Waals surface area contributed by atoms with Gasteiger partial charge >= 0.3 is 0 Å². The van der Waals surface area contributed by atoms with Crippen molar-refractivity contribution in [3.05, 3.63) is 12.3 Å². The molecule has 0 heterocycles. The van der Waals surface area contributed by atoms with Crippen molar-refractivity contribution in [2.75, 3.05) is 0 Å². The van der Waals surface area contributed by atoms with Gasteiger partial charge in [0.1, 0.15) is 0 Å². The third-order valence-corrected chi connectivity index (χ3v) is 2.07. The van der Waals surface area contributed by atoms with Crippen molar-refractivity contribution >= 4 is 8.32 Å². The number of rotatable bonds is 4. The number of allylic oxidation sites excluding steroid dienone is 1. The Bertz CT molecular complexity index is 188. The van der Waals surface area contributed by atoms with Gasteiger partial charge in [-0.15, -0.1) is 0 Å². The van der Waals surface area contributed by atoms with Gasteiger partial charge in [-0.05, 0) is 33.0 Å². The molecule has 2 nitrogen and oxygen atoms in total. The number of hydrogen-bond donors (Lipinski definition) is 0. The molecule has 0 radical (unpaired) electrons. The highest BCUT2D eigenvalue weighted by atomic mass is 28.4. The first-order chi connectivity index (χ1) is 5.45. The van der Waals surface area contributed by atoms with Gasteiger partial charge in [0.2, 0.25) is 8.32 Å². The molecule has 1 unspecified atom stereocenters. The lowest BCUT2D eigenvalue weighted by Gasteiger charge is -2.14. The highest BCUT2D eigenvalue weighted by Crippen LogP contribution is 2.05. The van der Waals surface area contributed by atoms with Crippen molar-refractivity contribution in [1.82, 2.24) is 0 Å². The Hall–Kier alpha value is -0.753. The van der Waals surface area contributed by atoms with Crippen molar-refractivity contribution in [1.29, 1.82) is 5.26 Å². The molecule has 0 bridgehead atoms. The molecule has 0 saturated carbocycles. The molecular weight excluding hydrogens is 166 g/mol. The Labute approximate surface area is 76.0 Å². The molecule has 0 aliphatic rings. The summed E-state index contributed by atoms with van der Waals surface area (Å²) in [4.78, 5) is 0. The van der Waals surface area contributed by atoms with Crippen molar-refractivity contribution < 1.29 is 4.43 Å². The number of hydrogen-bond acceptors (Lipinski definition) is 2. The lowest BCUT2D eigenvalue weighted by Crippen LogP contribution is -2.21. The second kappa shape index (κ2) is 4.99. The van der Waals surface area contributed by atoms with E-state index in [0.717, 1.165) is 6.42 Å². The summed E-state index contributed by atoms with van der Waals surface area (Å²) >= 11 is 0. The molecule has 68 valence electrons. The fourth-order valence-electron chi connectivity index (χ4n) is 0.565. The summed E-state index contributed by atoms with van der Waals surface area (Å²) in [5.74, 6) is 0.0893. The average molecular weight is 183 g/mol.